The van der Waals surface area contributed by atoms with Crippen molar-refractivity contribution >= 4 is 0 Å². The second kappa shape index (κ2) is 7.14. The van der Waals surface area contributed by atoms with Crippen LogP contribution < -0.4 is 9.47 Å². The fourth-order valence-electron chi connectivity index (χ4n) is 3.14. The third-order valence-corrected chi connectivity index (χ3v) is 4.24. The van der Waals surface area contributed by atoms with Crippen LogP contribution >= 0.6 is 0 Å². The number of rotatable bonds is 6. The molecular formula is C17H26N2O2. The van der Waals surface area contributed by atoms with Gasteiger partial charge >= 0.3 is 0 Å². The van der Waals surface area contributed by atoms with Gasteiger partial charge in [-0.2, -0.15) is 0 Å². The third-order valence-electron chi connectivity index (χ3n) is 4.24. The predicted molar refractivity (Wildman–Crippen MR) is 83.9 cm³/mol. The molecule has 0 spiro atoms. The number of nitrogens with zero attached hydrogens (tertiary/aromatic N) is 2. The van der Waals surface area contributed by atoms with Gasteiger partial charge in [-0.1, -0.05) is 19.1 Å². The average molecular weight is 290 g/mol. The van der Waals surface area contributed by atoms with Crippen molar-refractivity contribution in [1.29, 1.82) is 0 Å². The number of fused-ring (bicyclic) bond motifs is 1. The van der Waals surface area contributed by atoms with Crippen molar-refractivity contribution in [2.24, 2.45) is 0 Å². The van der Waals surface area contributed by atoms with Gasteiger partial charge < -0.3 is 9.47 Å². The number of para-hydroxylation sites is 2. The van der Waals surface area contributed by atoms with Crippen molar-refractivity contribution in [3.8, 4) is 11.5 Å². The normalized spacial score (nSPS) is 22.6. The molecule has 2 aliphatic heterocycles. The van der Waals surface area contributed by atoms with Crippen molar-refractivity contribution in [3.63, 3.8) is 0 Å². The number of benzene rings is 1. The maximum absolute atomic E-state index is 6.00. The molecule has 3 rings (SSSR count). The lowest BCUT2D eigenvalue weighted by atomic mass is 10.1. The molecule has 4 nitrogen and oxygen atoms in total. The summed E-state index contributed by atoms with van der Waals surface area (Å²) in [7, 11) is 0. The minimum Gasteiger partial charge on any atom is -0.486 e. The van der Waals surface area contributed by atoms with Crippen molar-refractivity contribution in [2.75, 3.05) is 39.5 Å². The molecule has 0 aromatic heterocycles. The maximum atomic E-state index is 6.00. The van der Waals surface area contributed by atoms with Gasteiger partial charge in [0.1, 0.15) is 12.7 Å². The van der Waals surface area contributed by atoms with Crippen LogP contribution in [0.1, 0.15) is 26.2 Å². The molecule has 0 radical (unpaired) electrons. The molecule has 4 heteroatoms. The summed E-state index contributed by atoms with van der Waals surface area (Å²) in [5, 5.41) is 0. The Balaban J connectivity index is 1.37. The van der Waals surface area contributed by atoms with E-state index >= 15 is 0 Å². The molecule has 0 bridgehead atoms. The zero-order valence-corrected chi connectivity index (χ0v) is 13.0. The molecule has 2 heterocycles. The molecule has 2 aliphatic rings. The second-order valence-electron chi connectivity index (χ2n) is 6.02. The van der Waals surface area contributed by atoms with E-state index in [-0.39, 0.29) is 6.10 Å². The summed E-state index contributed by atoms with van der Waals surface area (Å²) in [5.74, 6) is 1.77. The van der Waals surface area contributed by atoms with E-state index in [9.17, 15) is 0 Å². The molecule has 21 heavy (non-hydrogen) atoms. The minimum atomic E-state index is 0.203. The van der Waals surface area contributed by atoms with Crippen LogP contribution in [0.4, 0.5) is 0 Å². The molecule has 116 valence electrons. The molecule has 0 N–H and O–H groups in total. The first-order valence-electron chi connectivity index (χ1n) is 8.18. The van der Waals surface area contributed by atoms with Gasteiger partial charge in [0.25, 0.3) is 0 Å². The standard InChI is InChI=1S/C17H26N2O2/c1-2-9-18-11-12-19(14-18)10-5-6-15-13-20-16-7-3-4-8-17(16)21-15/h3-4,7-8,15H,2,5-6,9-14H2,1H3. The summed E-state index contributed by atoms with van der Waals surface area (Å²) in [6, 6.07) is 7.94. The highest BCUT2D eigenvalue weighted by atomic mass is 16.6. The van der Waals surface area contributed by atoms with Crippen molar-refractivity contribution in [3.05, 3.63) is 24.3 Å². The summed E-state index contributed by atoms with van der Waals surface area (Å²) < 4.78 is 11.8. The average Bonchev–Trinajstić information content (AvgIpc) is 2.95. The van der Waals surface area contributed by atoms with Crippen LogP contribution in [0.25, 0.3) is 0 Å². The van der Waals surface area contributed by atoms with E-state index < -0.39 is 0 Å². The summed E-state index contributed by atoms with van der Waals surface area (Å²) >= 11 is 0. The van der Waals surface area contributed by atoms with Crippen molar-refractivity contribution < 1.29 is 9.47 Å². The van der Waals surface area contributed by atoms with Gasteiger partial charge in [-0.15, -0.1) is 0 Å². The Morgan fingerprint density at radius 3 is 2.67 bits per heavy atom. The highest BCUT2D eigenvalue weighted by Gasteiger charge is 2.22. The molecule has 1 saturated heterocycles. The van der Waals surface area contributed by atoms with E-state index in [2.05, 4.69) is 16.7 Å². The Labute approximate surface area is 127 Å². The Hall–Kier alpha value is -1.26. The molecule has 1 fully saturated rings. The summed E-state index contributed by atoms with van der Waals surface area (Å²) in [4.78, 5) is 5.09. The minimum absolute atomic E-state index is 0.203. The number of hydrogen-bond donors (Lipinski definition) is 0. The molecular weight excluding hydrogens is 264 g/mol. The maximum Gasteiger partial charge on any atom is 0.161 e. The second-order valence-corrected chi connectivity index (χ2v) is 6.02. The lowest BCUT2D eigenvalue weighted by molar-refractivity contribution is 0.0807. The molecule has 1 aromatic rings. The van der Waals surface area contributed by atoms with Crippen LogP contribution in [-0.4, -0.2) is 55.4 Å². The fourth-order valence-corrected chi connectivity index (χ4v) is 3.14. The lowest BCUT2D eigenvalue weighted by Crippen LogP contribution is -2.31. The van der Waals surface area contributed by atoms with Gasteiger partial charge in [0.05, 0.1) is 6.67 Å². The zero-order valence-electron chi connectivity index (χ0n) is 13.0. The highest BCUT2D eigenvalue weighted by Crippen LogP contribution is 2.31. The molecule has 0 amide bonds. The first-order valence-corrected chi connectivity index (χ1v) is 8.18. The molecule has 0 saturated carbocycles. The smallest absolute Gasteiger partial charge is 0.161 e. The van der Waals surface area contributed by atoms with Crippen LogP contribution in [-0.2, 0) is 0 Å². The summed E-state index contributed by atoms with van der Waals surface area (Å²) in [5.41, 5.74) is 0. The van der Waals surface area contributed by atoms with Gasteiger partial charge in [0.15, 0.2) is 11.5 Å². The van der Waals surface area contributed by atoms with Crippen LogP contribution in [0.15, 0.2) is 24.3 Å². The van der Waals surface area contributed by atoms with Crippen LogP contribution in [0.5, 0.6) is 11.5 Å². The first kappa shape index (κ1) is 14.7. The summed E-state index contributed by atoms with van der Waals surface area (Å²) in [6.07, 6.45) is 3.70. The lowest BCUT2D eigenvalue weighted by Gasteiger charge is -2.27. The van der Waals surface area contributed by atoms with Crippen LogP contribution in [0, 0.1) is 0 Å². The monoisotopic (exact) mass is 290 g/mol. The fraction of sp³-hybridized carbons (Fsp3) is 0.647. The van der Waals surface area contributed by atoms with Gasteiger partial charge in [0.2, 0.25) is 0 Å². The van der Waals surface area contributed by atoms with Crippen LogP contribution in [0.2, 0.25) is 0 Å². The van der Waals surface area contributed by atoms with Crippen LogP contribution in [0.3, 0.4) is 0 Å². The van der Waals surface area contributed by atoms with E-state index in [1.807, 2.05) is 24.3 Å². The van der Waals surface area contributed by atoms with E-state index in [0.29, 0.717) is 6.61 Å². The Kier molecular flexibility index (Phi) is 4.99. The Bertz CT molecular complexity index is 452. The number of ether oxygens (including phenoxy) is 2. The van der Waals surface area contributed by atoms with Crippen molar-refractivity contribution in [1.82, 2.24) is 9.80 Å². The van der Waals surface area contributed by atoms with E-state index in [0.717, 1.165) is 24.6 Å². The Morgan fingerprint density at radius 2 is 1.86 bits per heavy atom. The molecule has 0 aliphatic carbocycles. The van der Waals surface area contributed by atoms with Gasteiger partial charge in [-0.3, -0.25) is 9.80 Å². The predicted octanol–water partition coefficient (Wildman–Crippen LogP) is 2.59. The van der Waals surface area contributed by atoms with Gasteiger partial charge in [-0.05, 0) is 44.5 Å². The highest BCUT2D eigenvalue weighted by molar-refractivity contribution is 5.40. The number of hydrogen-bond acceptors (Lipinski definition) is 4. The quantitative estimate of drug-likeness (QED) is 0.804. The Morgan fingerprint density at radius 1 is 1.10 bits per heavy atom. The van der Waals surface area contributed by atoms with E-state index in [1.54, 1.807) is 0 Å². The van der Waals surface area contributed by atoms with Gasteiger partial charge in [0, 0.05) is 13.1 Å². The van der Waals surface area contributed by atoms with E-state index in [1.165, 1.54) is 39.0 Å². The van der Waals surface area contributed by atoms with E-state index in [4.69, 9.17) is 9.47 Å². The largest absolute Gasteiger partial charge is 0.486 e. The molecule has 1 aromatic carbocycles. The first-order chi connectivity index (χ1) is 10.3. The zero-order chi connectivity index (χ0) is 14.5. The molecule has 1 unspecified atom stereocenters. The third kappa shape index (κ3) is 3.89. The van der Waals surface area contributed by atoms with Crippen molar-refractivity contribution in [2.45, 2.75) is 32.3 Å². The topological polar surface area (TPSA) is 24.9 Å². The molecule has 1 atom stereocenters. The SMILES string of the molecule is CCCN1CCN(CCCC2COc3ccccc3O2)C1. The summed E-state index contributed by atoms with van der Waals surface area (Å²) in [6.45, 7) is 8.91. The van der Waals surface area contributed by atoms with Gasteiger partial charge in [-0.25, -0.2) is 0 Å².